The maximum absolute atomic E-state index is 10.7. The first-order valence-corrected chi connectivity index (χ1v) is 6.12. The van der Waals surface area contributed by atoms with Crippen LogP contribution in [0.2, 0.25) is 0 Å². The fourth-order valence-corrected chi connectivity index (χ4v) is 3.19. The number of aliphatic hydroxyl groups is 1. The lowest BCUT2D eigenvalue weighted by atomic mass is 9.79. The Morgan fingerprint density at radius 3 is 3.21 bits per heavy atom. The molecule has 2 atom stereocenters. The minimum absolute atomic E-state index is 0.356. The molecule has 2 unspecified atom stereocenters. The van der Waals surface area contributed by atoms with E-state index in [1.165, 1.54) is 0 Å². The molecule has 78 valence electrons. The summed E-state index contributed by atoms with van der Waals surface area (Å²) in [5.41, 5.74) is -0.575. The van der Waals surface area contributed by atoms with Crippen molar-refractivity contribution in [2.45, 2.75) is 25.4 Å². The van der Waals surface area contributed by atoms with Crippen LogP contribution in [0.4, 0.5) is 0 Å². The zero-order valence-corrected chi connectivity index (χ0v) is 9.31. The molecule has 0 radical (unpaired) electrons. The molecule has 1 aliphatic heterocycles. The van der Waals surface area contributed by atoms with E-state index < -0.39 is 5.60 Å². The van der Waals surface area contributed by atoms with Crippen LogP contribution in [0.5, 0.6) is 0 Å². The van der Waals surface area contributed by atoms with Gasteiger partial charge in [0.15, 0.2) is 0 Å². The largest absolute Gasteiger partial charge is 0.384 e. The lowest BCUT2D eigenvalue weighted by Gasteiger charge is -2.39. The topological polar surface area (TPSA) is 32.3 Å². The summed E-state index contributed by atoms with van der Waals surface area (Å²) in [4.78, 5) is 1.13. The second-order valence-electron chi connectivity index (χ2n) is 3.96. The van der Waals surface area contributed by atoms with Crippen molar-refractivity contribution < 1.29 is 5.11 Å². The zero-order valence-electron chi connectivity index (χ0n) is 8.49. The highest BCUT2D eigenvalue weighted by Crippen LogP contribution is 2.38. The monoisotopic (exact) mass is 211 g/mol. The zero-order chi connectivity index (χ0) is 10.0. The molecule has 1 fully saturated rings. The predicted octanol–water partition coefficient (Wildman–Crippen LogP) is 1.96. The Bertz CT molecular complexity index is 285. The van der Waals surface area contributed by atoms with Gasteiger partial charge in [0.1, 0.15) is 5.60 Å². The van der Waals surface area contributed by atoms with Crippen LogP contribution in [0.15, 0.2) is 17.5 Å². The van der Waals surface area contributed by atoms with Crippen LogP contribution in [0.25, 0.3) is 0 Å². The number of piperidine rings is 1. The van der Waals surface area contributed by atoms with Crippen LogP contribution in [-0.4, -0.2) is 18.2 Å². The number of hydrogen-bond acceptors (Lipinski definition) is 3. The van der Waals surface area contributed by atoms with Crippen molar-refractivity contribution in [2.75, 3.05) is 13.1 Å². The van der Waals surface area contributed by atoms with Crippen LogP contribution in [0.3, 0.4) is 0 Å². The van der Waals surface area contributed by atoms with Crippen molar-refractivity contribution in [1.29, 1.82) is 0 Å². The molecule has 1 saturated heterocycles. The van der Waals surface area contributed by atoms with Crippen LogP contribution in [0.1, 0.15) is 24.6 Å². The van der Waals surface area contributed by atoms with E-state index in [1.54, 1.807) is 11.3 Å². The Morgan fingerprint density at radius 1 is 1.71 bits per heavy atom. The van der Waals surface area contributed by atoms with Crippen molar-refractivity contribution in [1.82, 2.24) is 5.32 Å². The van der Waals surface area contributed by atoms with Gasteiger partial charge in [-0.3, -0.25) is 0 Å². The van der Waals surface area contributed by atoms with Crippen molar-refractivity contribution in [3.05, 3.63) is 22.4 Å². The highest BCUT2D eigenvalue weighted by Gasteiger charge is 2.39. The third-order valence-corrected chi connectivity index (χ3v) is 4.23. The first-order valence-electron chi connectivity index (χ1n) is 5.24. The normalized spacial score (nSPS) is 33.1. The van der Waals surface area contributed by atoms with E-state index >= 15 is 0 Å². The highest BCUT2D eigenvalue weighted by molar-refractivity contribution is 7.10. The number of rotatable bonds is 2. The molecule has 0 aromatic carbocycles. The van der Waals surface area contributed by atoms with Crippen molar-refractivity contribution in [3.8, 4) is 0 Å². The van der Waals surface area contributed by atoms with E-state index in [2.05, 4.69) is 18.3 Å². The van der Waals surface area contributed by atoms with E-state index in [9.17, 15) is 5.11 Å². The van der Waals surface area contributed by atoms with Gasteiger partial charge in [0.2, 0.25) is 0 Å². The molecule has 1 aromatic heterocycles. The summed E-state index contributed by atoms with van der Waals surface area (Å²) >= 11 is 1.67. The maximum atomic E-state index is 10.7. The summed E-state index contributed by atoms with van der Waals surface area (Å²) < 4.78 is 0. The standard InChI is InChI=1S/C11H17NOS/c1-2-9-8-12-6-5-11(9,13)10-4-3-7-14-10/h3-4,7,9,12-13H,2,5-6,8H2,1H3. The summed E-state index contributed by atoms with van der Waals surface area (Å²) in [6.07, 6.45) is 1.87. The van der Waals surface area contributed by atoms with Crippen molar-refractivity contribution >= 4 is 11.3 Å². The van der Waals surface area contributed by atoms with E-state index in [4.69, 9.17) is 0 Å². The van der Waals surface area contributed by atoms with Crippen LogP contribution >= 0.6 is 11.3 Å². The minimum atomic E-state index is -0.575. The Balaban J connectivity index is 2.27. The maximum Gasteiger partial charge on any atom is 0.104 e. The molecule has 0 bridgehead atoms. The molecule has 2 rings (SSSR count). The van der Waals surface area contributed by atoms with Gasteiger partial charge in [-0.25, -0.2) is 0 Å². The highest BCUT2D eigenvalue weighted by atomic mass is 32.1. The molecular weight excluding hydrogens is 194 g/mol. The third-order valence-electron chi connectivity index (χ3n) is 3.19. The summed E-state index contributed by atoms with van der Waals surface area (Å²) in [7, 11) is 0. The van der Waals surface area contributed by atoms with Crippen LogP contribution in [0, 0.1) is 5.92 Å². The molecule has 0 spiro atoms. The van der Waals surface area contributed by atoms with E-state index in [0.717, 1.165) is 30.8 Å². The second kappa shape index (κ2) is 4.01. The smallest absolute Gasteiger partial charge is 0.104 e. The number of thiophene rings is 1. The van der Waals surface area contributed by atoms with Gasteiger partial charge in [0, 0.05) is 17.3 Å². The molecular formula is C11H17NOS. The molecule has 0 saturated carbocycles. The van der Waals surface area contributed by atoms with Gasteiger partial charge in [0.05, 0.1) is 0 Å². The predicted molar refractivity (Wildman–Crippen MR) is 59.5 cm³/mol. The summed E-state index contributed by atoms with van der Waals surface area (Å²) in [6.45, 7) is 4.01. The van der Waals surface area contributed by atoms with E-state index in [-0.39, 0.29) is 0 Å². The second-order valence-corrected chi connectivity index (χ2v) is 4.91. The Morgan fingerprint density at radius 2 is 2.57 bits per heavy atom. The van der Waals surface area contributed by atoms with Gasteiger partial charge < -0.3 is 10.4 Å². The summed E-state index contributed by atoms with van der Waals surface area (Å²) in [5.74, 6) is 0.356. The average Bonchev–Trinajstić information content (AvgIpc) is 2.72. The Hall–Kier alpha value is -0.380. The molecule has 0 amide bonds. The molecule has 2 nitrogen and oxygen atoms in total. The third kappa shape index (κ3) is 1.60. The Labute approximate surface area is 89.0 Å². The van der Waals surface area contributed by atoms with E-state index in [1.807, 2.05) is 11.4 Å². The lowest BCUT2D eigenvalue weighted by Crippen LogP contribution is -2.47. The van der Waals surface area contributed by atoms with Crippen LogP contribution < -0.4 is 5.32 Å². The summed E-state index contributed by atoms with van der Waals surface area (Å²) in [5, 5.41) is 16.1. The van der Waals surface area contributed by atoms with Gasteiger partial charge >= 0.3 is 0 Å². The van der Waals surface area contributed by atoms with Crippen molar-refractivity contribution in [2.24, 2.45) is 5.92 Å². The lowest BCUT2D eigenvalue weighted by molar-refractivity contribution is -0.0447. The SMILES string of the molecule is CCC1CNCCC1(O)c1cccs1. The number of nitrogens with one attached hydrogen (secondary N) is 1. The van der Waals surface area contributed by atoms with E-state index in [0.29, 0.717) is 5.92 Å². The van der Waals surface area contributed by atoms with Crippen molar-refractivity contribution in [3.63, 3.8) is 0 Å². The fraction of sp³-hybridized carbons (Fsp3) is 0.636. The first kappa shape index (κ1) is 10.1. The fourth-order valence-electron chi connectivity index (χ4n) is 2.26. The molecule has 0 aliphatic carbocycles. The molecule has 2 N–H and O–H groups in total. The van der Waals surface area contributed by atoms with Gasteiger partial charge in [0.25, 0.3) is 0 Å². The summed E-state index contributed by atoms with van der Waals surface area (Å²) in [6, 6.07) is 4.07. The Kier molecular flexibility index (Phi) is 2.91. The molecule has 14 heavy (non-hydrogen) atoms. The first-order chi connectivity index (χ1) is 6.77. The van der Waals surface area contributed by atoms with Gasteiger partial charge in [-0.05, 0) is 30.8 Å². The minimum Gasteiger partial charge on any atom is -0.384 e. The average molecular weight is 211 g/mol. The van der Waals surface area contributed by atoms with Gasteiger partial charge in [-0.2, -0.15) is 0 Å². The molecule has 2 heterocycles. The molecule has 1 aromatic rings. The quantitative estimate of drug-likeness (QED) is 0.783. The van der Waals surface area contributed by atoms with Gasteiger partial charge in [-0.15, -0.1) is 11.3 Å². The molecule has 3 heteroatoms. The van der Waals surface area contributed by atoms with Crippen LogP contribution in [-0.2, 0) is 5.60 Å². The number of hydrogen-bond donors (Lipinski definition) is 2. The van der Waals surface area contributed by atoms with Gasteiger partial charge in [-0.1, -0.05) is 13.0 Å². The molecule has 1 aliphatic rings.